The van der Waals surface area contributed by atoms with Crippen LogP contribution in [0.25, 0.3) is 0 Å². The van der Waals surface area contributed by atoms with Crippen molar-refractivity contribution >= 4 is 29.6 Å². The van der Waals surface area contributed by atoms with Gasteiger partial charge in [-0.25, -0.2) is 19.4 Å². The number of carbonyl (C=O) groups excluding carboxylic acids is 3. The van der Waals surface area contributed by atoms with Gasteiger partial charge < -0.3 is 34.6 Å². The standard InChI is InChI=1S/C27H40N6O6/c1-27(2,3)39-26(36)28-12-7-13-33-14-10-19(11-15-33)29-25(35)31-23-22(17-32(4)5)38-21-9-8-18(24(34)37-6)16-20(21)30-23/h8-9,16-17,19H,7,10-15H2,1-6H3,(H,28,36)(H2,29,30,31,35)/b22-17-. The van der Waals surface area contributed by atoms with Crippen molar-refractivity contribution in [3.63, 3.8) is 0 Å². The zero-order valence-corrected chi connectivity index (χ0v) is 23.6. The number of urea groups is 1. The molecule has 1 fully saturated rings. The van der Waals surface area contributed by atoms with Crippen molar-refractivity contribution in [2.24, 2.45) is 4.99 Å². The van der Waals surface area contributed by atoms with Crippen LogP contribution in [-0.4, -0.2) is 92.8 Å². The van der Waals surface area contributed by atoms with Crippen LogP contribution in [0.3, 0.4) is 0 Å². The number of methoxy groups -OCH3 is 1. The Labute approximate surface area is 229 Å². The number of esters is 1. The van der Waals surface area contributed by atoms with E-state index in [0.29, 0.717) is 29.3 Å². The summed E-state index contributed by atoms with van der Waals surface area (Å²) in [6, 6.07) is 4.45. The minimum absolute atomic E-state index is 0.0192. The van der Waals surface area contributed by atoms with Gasteiger partial charge in [-0.2, -0.15) is 0 Å². The quantitative estimate of drug-likeness (QED) is 0.352. The number of nitrogens with one attached hydrogen (secondary N) is 3. The molecule has 0 aliphatic carbocycles. The Hall–Kier alpha value is -3.80. The van der Waals surface area contributed by atoms with E-state index in [2.05, 4.69) is 25.8 Å². The Kier molecular flexibility index (Phi) is 10.2. The van der Waals surface area contributed by atoms with E-state index in [1.54, 1.807) is 29.3 Å². The molecule has 3 N–H and O–H groups in total. The molecule has 1 saturated heterocycles. The molecule has 0 spiro atoms. The molecule has 12 nitrogen and oxygen atoms in total. The molecule has 214 valence electrons. The number of piperidine rings is 1. The molecule has 0 unspecified atom stereocenters. The van der Waals surface area contributed by atoms with Crippen molar-refractivity contribution in [2.75, 3.05) is 47.4 Å². The predicted octanol–water partition coefficient (Wildman–Crippen LogP) is 2.98. The molecule has 3 rings (SSSR count). The van der Waals surface area contributed by atoms with Crippen LogP contribution in [-0.2, 0) is 9.47 Å². The minimum atomic E-state index is -0.509. The lowest BCUT2D eigenvalue weighted by Crippen LogP contribution is -2.50. The summed E-state index contributed by atoms with van der Waals surface area (Å²) in [5, 5.41) is 8.61. The van der Waals surface area contributed by atoms with Crippen molar-refractivity contribution in [1.82, 2.24) is 25.8 Å². The molecule has 2 heterocycles. The molecule has 0 aromatic heterocycles. The first-order valence-corrected chi connectivity index (χ1v) is 13.1. The molecule has 0 radical (unpaired) electrons. The van der Waals surface area contributed by atoms with E-state index in [9.17, 15) is 14.4 Å². The second-order valence-electron chi connectivity index (χ2n) is 10.7. The summed E-state index contributed by atoms with van der Waals surface area (Å²) in [7, 11) is 4.99. The summed E-state index contributed by atoms with van der Waals surface area (Å²) in [5.41, 5.74) is 0.239. The molecule has 1 aromatic rings. The van der Waals surface area contributed by atoms with Gasteiger partial charge in [0.25, 0.3) is 0 Å². The van der Waals surface area contributed by atoms with Gasteiger partial charge in [-0.3, -0.25) is 5.32 Å². The van der Waals surface area contributed by atoms with Crippen LogP contribution in [0.5, 0.6) is 5.75 Å². The van der Waals surface area contributed by atoms with Gasteiger partial charge in [0.15, 0.2) is 17.3 Å². The summed E-state index contributed by atoms with van der Waals surface area (Å²) >= 11 is 0. The molecule has 3 amide bonds. The number of aliphatic imine (C=N–C) groups is 1. The number of rotatable bonds is 7. The summed E-state index contributed by atoms with van der Waals surface area (Å²) in [4.78, 5) is 45.2. The van der Waals surface area contributed by atoms with Crippen LogP contribution in [0, 0.1) is 0 Å². The topological polar surface area (TPSA) is 134 Å². The number of likely N-dealkylation sites (tertiary alicyclic amines) is 1. The second kappa shape index (κ2) is 13.3. The molecule has 0 atom stereocenters. The summed E-state index contributed by atoms with van der Waals surface area (Å²) in [6.07, 6.45) is 3.74. The maximum absolute atomic E-state index is 12.9. The highest BCUT2D eigenvalue weighted by Crippen LogP contribution is 2.34. The van der Waals surface area contributed by atoms with Crippen LogP contribution in [0.15, 0.2) is 35.2 Å². The molecule has 39 heavy (non-hydrogen) atoms. The van der Waals surface area contributed by atoms with Crippen molar-refractivity contribution < 1.29 is 28.6 Å². The van der Waals surface area contributed by atoms with Crippen molar-refractivity contribution in [3.05, 3.63) is 35.7 Å². The number of amidine groups is 1. The van der Waals surface area contributed by atoms with E-state index in [1.807, 2.05) is 34.9 Å². The first-order valence-electron chi connectivity index (χ1n) is 13.1. The monoisotopic (exact) mass is 544 g/mol. The first-order chi connectivity index (χ1) is 18.4. The van der Waals surface area contributed by atoms with Gasteiger partial charge in [0, 0.05) is 46.0 Å². The highest BCUT2D eigenvalue weighted by atomic mass is 16.6. The van der Waals surface area contributed by atoms with E-state index < -0.39 is 17.7 Å². The van der Waals surface area contributed by atoms with Crippen LogP contribution in [0.1, 0.15) is 50.4 Å². The maximum atomic E-state index is 12.9. The minimum Gasteiger partial charge on any atom is -0.465 e. The number of nitrogens with zero attached hydrogens (tertiary/aromatic N) is 3. The highest BCUT2D eigenvalue weighted by molar-refractivity contribution is 6.08. The fourth-order valence-corrected chi connectivity index (χ4v) is 4.13. The van der Waals surface area contributed by atoms with Crippen LogP contribution in [0.2, 0.25) is 0 Å². The molecule has 0 saturated carbocycles. The molecule has 0 bridgehead atoms. The maximum Gasteiger partial charge on any atom is 0.407 e. The summed E-state index contributed by atoms with van der Waals surface area (Å²) < 4.78 is 16.0. The SMILES string of the molecule is COC(=O)c1ccc2c(c1)N=C(NC(=O)NC1CCN(CCCNC(=O)OC(C)(C)C)CC1)/C(=C/N(C)C)O2. The van der Waals surface area contributed by atoms with Gasteiger partial charge >= 0.3 is 18.1 Å². The van der Waals surface area contributed by atoms with E-state index in [4.69, 9.17) is 14.2 Å². The second-order valence-corrected chi connectivity index (χ2v) is 10.7. The summed E-state index contributed by atoms with van der Waals surface area (Å²) in [5.74, 6) is 0.602. The smallest absolute Gasteiger partial charge is 0.407 e. The Morgan fingerprint density at radius 1 is 1.21 bits per heavy atom. The average Bonchev–Trinajstić information content (AvgIpc) is 2.85. The van der Waals surface area contributed by atoms with Crippen molar-refractivity contribution in [1.29, 1.82) is 0 Å². The van der Waals surface area contributed by atoms with Gasteiger partial charge in [0.1, 0.15) is 11.3 Å². The number of amides is 3. The van der Waals surface area contributed by atoms with Gasteiger partial charge in [-0.1, -0.05) is 0 Å². The van der Waals surface area contributed by atoms with Gasteiger partial charge in [0.05, 0.1) is 12.7 Å². The number of alkyl carbamates (subject to hydrolysis) is 1. The molecule has 2 aliphatic rings. The van der Waals surface area contributed by atoms with Gasteiger partial charge in [-0.15, -0.1) is 0 Å². The fourth-order valence-electron chi connectivity index (χ4n) is 4.13. The molecule has 2 aliphatic heterocycles. The molecule has 1 aromatic carbocycles. The van der Waals surface area contributed by atoms with E-state index in [1.165, 1.54) is 7.11 Å². The number of fused-ring (bicyclic) bond motifs is 1. The number of hydrogen-bond donors (Lipinski definition) is 3. The lowest BCUT2D eigenvalue weighted by molar-refractivity contribution is 0.0524. The van der Waals surface area contributed by atoms with Crippen LogP contribution in [0.4, 0.5) is 15.3 Å². The number of ether oxygens (including phenoxy) is 3. The first kappa shape index (κ1) is 29.8. The highest BCUT2D eigenvalue weighted by Gasteiger charge is 2.25. The Balaban J connectivity index is 1.50. The predicted molar refractivity (Wildman–Crippen MR) is 147 cm³/mol. The number of hydrogen-bond acceptors (Lipinski definition) is 9. The Bertz CT molecular complexity index is 1100. The molecular weight excluding hydrogens is 504 g/mol. The van der Waals surface area contributed by atoms with Crippen LogP contribution >= 0.6 is 0 Å². The van der Waals surface area contributed by atoms with Gasteiger partial charge in [-0.05, 0) is 64.8 Å². The lowest BCUT2D eigenvalue weighted by atomic mass is 10.1. The zero-order chi connectivity index (χ0) is 28.6. The van der Waals surface area contributed by atoms with E-state index in [0.717, 1.165) is 38.9 Å². The zero-order valence-electron chi connectivity index (χ0n) is 23.6. The third kappa shape index (κ3) is 9.47. The number of benzene rings is 1. The largest absolute Gasteiger partial charge is 0.465 e. The Morgan fingerprint density at radius 3 is 2.56 bits per heavy atom. The third-order valence-corrected chi connectivity index (χ3v) is 5.92. The third-order valence-electron chi connectivity index (χ3n) is 5.92. The van der Waals surface area contributed by atoms with Crippen LogP contribution < -0.4 is 20.7 Å². The van der Waals surface area contributed by atoms with E-state index in [-0.39, 0.29) is 17.9 Å². The van der Waals surface area contributed by atoms with Crippen molar-refractivity contribution in [3.8, 4) is 5.75 Å². The molecule has 12 heteroatoms. The Morgan fingerprint density at radius 2 is 1.92 bits per heavy atom. The lowest BCUT2D eigenvalue weighted by Gasteiger charge is -2.32. The van der Waals surface area contributed by atoms with E-state index >= 15 is 0 Å². The average molecular weight is 545 g/mol. The number of carbonyl (C=O) groups is 3. The van der Waals surface area contributed by atoms with Crippen molar-refractivity contribution in [2.45, 2.75) is 51.7 Å². The normalized spacial score (nSPS) is 16.9. The fraction of sp³-hybridized carbons (Fsp3) is 0.556. The molecular formula is C27H40N6O6. The van der Waals surface area contributed by atoms with Gasteiger partial charge in [0.2, 0.25) is 0 Å². The summed E-state index contributed by atoms with van der Waals surface area (Å²) in [6.45, 7) is 8.60.